The Kier molecular flexibility index (Phi) is 5.88. The molecular weight excluding hydrogens is 260 g/mol. The Balaban J connectivity index is 2.10. The first-order valence-electron chi connectivity index (χ1n) is 7.83. The van der Waals surface area contributed by atoms with Crippen LogP contribution in [0, 0.1) is 0 Å². The van der Waals surface area contributed by atoms with Crippen molar-refractivity contribution in [2.75, 3.05) is 0 Å². The number of nitrogens with zero attached hydrogens (tertiary/aromatic N) is 2. The summed E-state index contributed by atoms with van der Waals surface area (Å²) >= 11 is 0. The summed E-state index contributed by atoms with van der Waals surface area (Å²) < 4.78 is 0. The van der Waals surface area contributed by atoms with Crippen LogP contribution in [-0.4, -0.2) is 15.1 Å². The quantitative estimate of drug-likeness (QED) is 0.717. The van der Waals surface area contributed by atoms with E-state index in [2.05, 4.69) is 23.5 Å². The van der Waals surface area contributed by atoms with E-state index in [9.17, 15) is 5.11 Å². The second-order valence-electron chi connectivity index (χ2n) is 5.41. The van der Waals surface area contributed by atoms with Crippen LogP contribution >= 0.6 is 0 Å². The lowest BCUT2D eigenvalue weighted by Crippen LogP contribution is -2.05. The number of aliphatic hydroxyl groups is 1. The topological polar surface area (TPSA) is 46.0 Å². The molecule has 0 unspecified atom stereocenters. The highest BCUT2D eigenvalue weighted by molar-refractivity contribution is 5.75. The molecular formula is C18H24N2O. The predicted octanol–water partition coefficient (Wildman–Crippen LogP) is 4.67. The summed E-state index contributed by atoms with van der Waals surface area (Å²) in [4.78, 5) is 9.11. The molecule has 1 aromatic carbocycles. The van der Waals surface area contributed by atoms with E-state index in [1.165, 1.54) is 19.3 Å². The minimum Gasteiger partial charge on any atom is -0.387 e. The Morgan fingerprint density at radius 3 is 2.43 bits per heavy atom. The van der Waals surface area contributed by atoms with Crippen molar-refractivity contribution in [2.45, 2.75) is 51.6 Å². The van der Waals surface area contributed by atoms with E-state index in [1.807, 2.05) is 24.3 Å². The number of benzene rings is 1. The summed E-state index contributed by atoms with van der Waals surface area (Å²) in [6.07, 6.45) is 7.77. The van der Waals surface area contributed by atoms with Gasteiger partial charge in [0.25, 0.3) is 0 Å². The molecule has 0 fully saturated rings. The highest BCUT2D eigenvalue weighted by atomic mass is 16.3. The lowest BCUT2D eigenvalue weighted by molar-refractivity contribution is 0.158. The fourth-order valence-electron chi connectivity index (χ4n) is 2.50. The van der Waals surface area contributed by atoms with Gasteiger partial charge in [-0.25, -0.2) is 9.97 Å². The lowest BCUT2D eigenvalue weighted by Gasteiger charge is -2.13. The van der Waals surface area contributed by atoms with Crippen LogP contribution in [0.1, 0.15) is 62.9 Å². The van der Waals surface area contributed by atoms with E-state index in [0.29, 0.717) is 11.4 Å². The zero-order valence-electron chi connectivity index (χ0n) is 12.8. The van der Waals surface area contributed by atoms with Crippen molar-refractivity contribution in [3.05, 3.63) is 42.2 Å². The molecule has 0 aliphatic rings. The van der Waals surface area contributed by atoms with E-state index >= 15 is 0 Å². The minimum atomic E-state index is -0.559. The van der Waals surface area contributed by atoms with E-state index in [-0.39, 0.29) is 0 Å². The number of hydrogen-bond acceptors (Lipinski definition) is 3. The summed E-state index contributed by atoms with van der Waals surface area (Å²) in [6.45, 7) is 5.99. The summed E-state index contributed by atoms with van der Waals surface area (Å²) in [5.41, 5.74) is 3.00. The fourth-order valence-corrected chi connectivity index (χ4v) is 2.50. The number of aliphatic hydroxyl groups excluding tert-OH is 1. The van der Waals surface area contributed by atoms with Crippen LogP contribution in [0.5, 0.6) is 0 Å². The Hall–Kier alpha value is -1.74. The second kappa shape index (κ2) is 7.89. The Morgan fingerprint density at radius 1 is 1.10 bits per heavy atom. The van der Waals surface area contributed by atoms with Gasteiger partial charge in [-0.3, -0.25) is 0 Å². The van der Waals surface area contributed by atoms with Gasteiger partial charge in [0.2, 0.25) is 0 Å². The summed E-state index contributed by atoms with van der Waals surface area (Å²) in [6, 6.07) is 7.72. The van der Waals surface area contributed by atoms with Crippen molar-refractivity contribution in [3.8, 4) is 0 Å². The second-order valence-corrected chi connectivity index (χ2v) is 5.41. The standard InChI is InChI=1S/C18H24N2O/c1-3-5-6-7-8-13-17(21)18-14(4-2)19-15-11-9-10-12-16(15)20-18/h4,9-12,17,21H,2-3,5-8,13H2,1H3/t17-/m0/s1. The molecule has 1 N–H and O–H groups in total. The molecule has 21 heavy (non-hydrogen) atoms. The molecule has 2 aromatic rings. The van der Waals surface area contributed by atoms with Gasteiger partial charge >= 0.3 is 0 Å². The van der Waals surface area contributed by atoms with Crippen molar-refractivity contribution in [1.29, 1.82) is 0 Å². The number of hydrogen-bond donors (Lipinski definition) is 1. The monoisotopic (exact) mass is 284 g/mol. The molecule has 0 saturated carbocycles. The Morgan fingerprint density at radius 2 is 1.76 bits per heavy atom. The van der Waals surface area contributed by atoms with Crippen molar-refractivity contribution >= 4 is 17.1 Å². The van der Waals surface area contributed by atoms with Crippen molar-refractivity contribution in [1.82, 2.24) is 9.97 Å². The van der Waals surface area contributed by atoms with Crippen LogP contribution in [0.3, 0.4) is 0 Å². The first-order valence-corrected chi connectivity index (χ1v) is 7.83. The fraction of sp³-hybridized carbons (Fsp3) is 0.444. The maximum absolute atomic E-state index is 10.4. The number of rotatable bonds is 8. The van der Waals surface area contributed by atoms with E-state index < -0.39 is 6.10 Å². The first kappa shape index (κ1) is 15.6. The van der Waals surface area contributed by atoms with Gasteiger partial charge in [0.15, 0.2) is 0 Å². The number of aromatic nitrogens is 2. The van der Waals surface area contributed by atoms with Gasteiger partial charge < -0.3 is 5.11 Å². The van der Waals surface area contributed by atoms with E-state index in [0.717, 1.165) is 30.3 Å². The van der Waals surface area contributed by atoms with E-state index in [4.69, 9.17) is 0 Å². The molecule has 0 saturated heterocycles. The SMILES string of the molecule is C=Cc1nc2ccccc2nc1[C@@H](O)CCCCCCC. The molecule has 1 aromatic heterocycles. The molecule has 0 amide bonds. The highest BCUT2D eigenvalue weighted by Crippen LogP contribution is 2.24. The summed E-state index contributed by atoms with van der Waals surface area (Å²) in [5, 5.41) is 10.4. The molecule has 2 rings (SSSR count). The average molecular weight is 284 g/mol. The maximum atomic E-state index is 10.4. The highest BCUT2D eigenvalue weighted by Gasteiger charge is 2.15. The van der Waals surface area contributed by atoms with Crippen LogP contribution in [0.15, 0.2) is 30.8 Å². The zero-order chi connectivity index (χ0) is 15.1. The van der Waals surface area contributed by atoms with Crippen molar-refractivity contribution in [2.24, 2.45) is 0 Å². The Bertz CT molecular complexity index is 595. The smallest absolute Gasteiger partial charge is 0.0982 e. The third-order valence-electron chi connectivity index (χ3n) is 3.72. The lowest BCUT2D eigenvalue weighted by atomic mass is 10.0. The molecule has 1 atom stereocenters. The van der Waals surface area contributed by atoms with Gasteiger partial charge in [-0.15, -0.1) is 0 Å². The molecule has 0 spiro atoms. The van der Waals surface area contributed by atoms with Gasteiger partial charge in [0.05, 0.1) is 28.5 Å². The number of fused-ring (bicyclic) bond motifs is 1. The first-order chi connectivity index (χ1) is 10.3. The average Bonchev–Trinajstić information content (AvgIpc) is 2.53. The van der Waals surface area contributed by atoms with Crippen molar-refractivity contribution < 1.29 is 5.11 Å². The van der Waals surface area contributed by atoms with Crippen LogP contribution in [-0.2, 0) is 0 Å². The third kappa shape index (κ3) is 4.11. The zero-order valence-corrected chi connectivity index (χ0v) is 12.8. The van der Waals surface area contributed by atoms with Crippen LogP contribution in [0.25, 0.3) is 17.1 Å². The van der Waals surface area contributed by atoms with Crippen LogP contribution in [0.2, 0.25) is 0 Å². The van der Waals surface area contributed by atoms with Gasteiger partial charge in [0.1, 0.15) is 0 Å². The third-order valence-corrected chi connectivity index (χ3v) is 3.72. The molecule has 3 heteroatoms. The summed E-state index contributed by atoms with van der Waals surface area (Å²) in [5.74, 6) is 0. The van der Waals surface area contributed by atoms with Gasteiger partial charge in [-0.1, -0.05) is 57.7 Å². The van der Waals surface area contributed by atoms with E-state index in [1.54, 1.807) is 6.08 Å². The maximum Gasteiger partial charge on any atom is 0.0982 e. The molecule has 112 valence electrons. The Labute approximate surface area is 126 Å². The molecule has 0 bridgehead atoms. The molecule has 3 nitrogen and oxygen atoms in total. The van der Waals surface area contributed by atoms with Gasteiger partial charge in [-0.2, -0.15) is 0 Å². The molecule has 0 aliphatic heterocycles. The largest absolute Gasteiger partial charge is 0.387 e. The summed E-state index contributed by atoms with van der Waals surface area (Å²) in [7, 11) is 0. The van der Waals surface area contributed by atoms with Crippen LogP contribution in [0.4, 0.5) is 0 Å². The molecule has 0 radical (unpaired) electrons. The normalized spacial score (nSPS) is 12.5. The predicted molar refractivity (Wildman–Crippen MR) is 88.0 cm³/mol. The van der Waals surface area contributed by atoms with Crippen molar-refractivity contribution in [3.63, 3.8) is 0 Å². The molecule has 0 aliphatic carbocycles. The minimum absolute atomic E-state index is 0.559. The molecule has 1 heterocycles. The number of unbranched alkanes of at least 4 members (excludes halogenated alkanes) is 4. The van der Waals surface area contributed by atoms with Crippen LogP contribution < -0.4 is 0 Å². The van der Waals surface area contributed by atoms with Gasteiger partial charge in [0, 0.05) is 0 Å². The number of para-hydroxylation sites is 2. The van der Waals surface area contributed by atoms with Gasteiger partial charge in [-0.05, 0) is 24.6 Å².